The van der Waals surface area contributed by atoms with E-state index in [1.165, 1.54) is 7.11 Å². The summed E-state index contributed by atoms with van der Waals surface area (Å²) in [6, 6.07) is 8.10. The number of hydrogen-bond donors (Lipinski definition) is 1. The van der Waals surface area contributed by atoms with Crippen LogP contribution in [0.1, 0.15) is 5.56 Å². The number of hydrogen-bond acceptors (Lipinski definition) is 3. The van der Waals surface area contributed by atoms with Gasteiger partial charge in [0, 0.05) is 10.6 Å². The Morgan fingerprint density at radius 2 is 2.10 bits per heavy atom. The summed E-state index contributed by atoms with van der Waals surface area (Å²) in [7, 11) is 1.41. The van der Waals surface area contributed by atoms with Crippen LogP contribution in [0, 0.1) is 5.82 Å². The minimum Gasteiger partial charge on any atom is -0.494 e. The van der Waals surface area contributed by atoms with Gasteiger partial charge in [-0.25, -0.2) is 4.39 Å². The molecule has 2 N–H and O–H groups in total. The van der Waals surface area contributed by atoms with Crippen LogP contribution < -0.4 is 15.2 Å². The van der Waals surface area contributed by atoms with Gasteiger partial charge in [0.25, 0.3) is 0 Å². The number of nitrogens with two attached hydrogens (primary N) is 1. The van der Waals surface area contributed by atoms with E-state index in [-0.39, 0.29) is 12.4 Å². The number of anilines is 1. The van der Waals surface area contributed by atoms with E-state index >= 15 is 0 Å². The van der Waals surface area contributed by atoms with E-state index in [1.54, 1.807) is 30.3 Å². The molecule has 0 spiro atoms. The lowest BCUT2D eigenvalue weighted by Crippen LogP contribution is -2.02. The smallest absolute Gasteiger partial charge is 0.171 e. The first-order chi connectivity index (χ1) is 9.52. The summed E-state index contributed by atoms with van der Waals surface area (Å²) in [4.78, 5) is 0. The monoisotopic (exact) mass is 359 g/mol. The van der Waals surface area contributed by atoms with Crippen LogP contribution in [0.25, 0.3) is 0 Å². The molecule has 6 heteroatoms. The number of methoxy groups -OCH3 is 1. The molecule has 0 aliphatic carbocycles. The maximum Gasteiger partial charge on any atom is 0.171 e. The number of nitrogen functional groups attached to an aromatic ring is 1. The highest BCUT2D eigenvalue weighted by atomic mass is 79.9. The molecular formula is C14H12BrClFNO2. The molecule has 0 saturated heterocycles. The third kappa shape index (κ3) is 3.16. The molecule has 0 radical (unpaired) electrons. The Balaban J connectivity index is 2.21. The second kappa shape index (κ2) is 6.33. The predicted octanol–water partition coefficient (Wildman–Crippen LogP) is 4.41. The minimum absolute atomic E-state index is 0.0352. The van der Waals surface area contributed by atoms with Crippen LogP contribution in [0.15, 0.2) is 34.8 Å². The van der Waals surface area contributed by atoms with Gasteiger partial charge in [0.1, 0.15) is 6.61 Å². The van der Waals surface area contributed by atoms with Crippen LogP contribution in [0.5, 0.6) is 11.5 Å². The molecule has 106 valence electrons. The molecule has 0 aromatic heterocycles. The van der Waals surface area contributed by atoms with Crippen molar-refractivity contribution in [2.75, 3.05) is 12.8 Å². The fraction of sp³-hybridized carbons (Fsp3) is 0.143. The Bertz CT molecular complexity index is 614. The first-order valence-corrected chi connectivity index (χ1v) is 6.88. The Kier molecular flexibility index (Phi) is 4.73. The summed E-state index contributed by atoms with van der Waals surface area (Å²) in [5.74, 6) is 0.157. The van der Waals surface area contributed by atoms with Gasteiger partial charge in [-0.3, -0.25) is 0 Å². The number of halogens is 3. The maximum absolute atomic E-state index is 14.0. The Morgan fingerprint density at radius 3 is 2.75 bits per heavy atom. The molecule has 2 aromatic rings. The first kappa shape index (κ1) is 14.9. The van der Waals surface area contributed by atoms with Gasteiger partial charge in [-0.2, -0.15) is 0 Å². The Hall–Kier alpha value is -1.46. The van der Waals surface area contributed by atoms with Gasteiger partial charge in [-0.05, 0) is 34.1 Å². The number of benzene rings is 2. The van der Waals surface area contributed by atoms with Gasteiger partial charge >= 0.3 is 0 Å². The molecule has 0 aliphatic rings. The standard InChI is InChI=1S/C14H12BrClFNO2/c1-19-12-4-2-3-8(13(12)17)7-20-14-10(15)5-9(16)6-11(14)18/h2-6H,7,18H2,1H3. The summed E-state index contributed by atoms with van der Waals surface area (Å²) in [5, 5.41) is 0.495. The number of ether oxygens (including phenoxy) is 2. The summed E-state index contributed by atoms with van der Waals surface area (Å²) in [5.41, 5.74) is 6.58. The van der Waals surface area contributed by atoms with Crippen molar-refractivity contribution < 1.29 is 13.9 Å². The Morgan fingerprint density at radius 1 is 1.35 bits per heavy atom. The molecule has 0 bridgehead atoms. The summed E-state index contributed by atoms with van der Waals surface area (Å²) in [6.07, 6.45) is 0. The van der Waals surface area contributed by atoms with E-state index in [2.05, 4.69) is 15.9 Å². The van der Waals surface area contributed by atoms with E-state index in [1.807, 2.05) is 0 Å². The molecule has 0 heterocycles. The normalized spacial score (nSPS) is 10.4. The molecule has 0 amide bonds. The summed E-state index contributed by atoms with van der Waals surface area (Å²) >= 11 is 9.17. The van der Waals surface area contributed by atoms with Gasteiger partial charge in [-0.15, -0.1) is 0 Å². The van der Waals surface area contributed by atoms with Crippen LogP contribution in [-0.2, 0) is 6.61 Å². The van der Waals surface area contributed by atoms with Crippen LogP contribution >= 0.6 is 27.5 Å². The molecule has 2 aromatic carbocycles. The lowest BCUT2D eigenvalue weighted by atomic mass is 10.2. The largest absolute Gasteiger partial charge is 0.494 e. The molecule has 0 fully saturated rings. The Labute approximate surface area is 129 Å². The van der Waals surface area contributed by atoms with Gasteiger partial charge in [0.2, 0.25) is 0 Å². The molecule has 2 rings (SSSR count). The fourth-order valence-corrected chi connectivity index (χ4v) is 2.66. The first-order valence-electron chi connectivity index (χ1n) is 5.71. The van der Waals surface area contributed by atoms with Crippen molar-refractivity contribution in [2.45, 2.75) is 6.61 Å². The van der Waals surface area contributed by atoms with Crippen LogP contribution in [0.2, 0.25) is 5.02 Å². The molecule has 3 nitrogen and oxygen atoms in total. The topological polar surface area (TPSA) is 44.5 Å². The van der Waals surface area contributed by atoms with Crippen LogP contribution in [0.3, 0.4) is 0 Å². The van der Waals surface area contributed by atoms with Crippen molar-refractivity contribution in [1.29, 1.82) is 0 Å². The highest BCUT2D eigenvalue weighted by Crippen LogP contribution is 2.35. The molecular weight excluding hydrogens is 349 g/mol. The summed E-state index contributed by atoms with van der Waals surface area (Å²) in [6.45, 7) is 0.0352. The molecule has 0 saturated carbocycles. The van der Waals surface area contributed by atoms with E-state index in [0.29, 0.717) is 26.5 Å². The molecule has 20 heavy (non-hydrogen) atoms. The van der Waals surface area contributed by atoms with Crippen LogP contribution in [-0.4, -0.2) is 7.11 Å². The van der Waals surface area contributed by atoms with E-state index in [4.69, 9.17) is 26.8 Å². The maximum atomic E-state index is 14.0. The van der Waals surface area contributed by atoms with Crippen molar-refractivity contribution >= 4 is 33.2 Å². The predicted molar refractivity (Wildman–Crippen MR) is 80.8 cm³/mol. The van der Waals surface area contributed by atoms with E-state index in [9.17, 15) is 4.39 Å². The average molecular weight is 361 g/mol. The molecule has 0 aliphatic heterocycles. The van der Waals surface area contributed by atoms with Crippen molar-refractivity contribution in [2.24, 2.45) is 0 Å². The average Bonchev–Trinajstić information content (AvgIpc) is 2.39. The second-order valence-corrected chi connectivity index (χ2v) is 5.32. The SMILES string of the molecule is COc1cccc(COc2c(N)cc(Cl)cc2Br)c1F. The van der Waals surface area contributed by atoms with Crippen molar-refractivity contribution in [3.05, 3.63) is 51.2 Å². The van der Waals surface area contributed by atoms with Crippen molar-refractivity contribution in [1.82, 2.24) is 0 Å². The van der Waals surface area contributed by atoms with Crippen molar-refractivity contribution in [3.63, 3.8) is 0 Å². The van der Waals surface area contributed by atoms with Gasteiger partial charge in [0.15, 0.2) is 17.3 Å². The van der Waals surface area contributed by atoms with Crippen molar-refractivity contribution in [3.8, 4) is 11.5 Å². The quantitative estimate of drug-likeness (QED) is 0.821. The zero-order chi connectivity index (χ0) is 14.7. The highest BCUT2D eigenvalue weighted by Gasteiger charge is 2.12. The zero-order valence-corrected chi connectivity index (χ0v) is 13.0. The second-order valence-electron chi connectivity index (χ2n) is 4.03. The molecule has 0 atom stereocenters. The third-order valence-corrected chi connectivity index (χ3v) is 3.48. The fourth-order valence-electron chi connectivity index (χ4n) is 1.71. The lowest BCUT2D eigenvalue weighted by Gasteiger charge is -2.12. The zero-order valence-electron chi connectivity index (χ0n) is 10.6. The van der Waals surface area contributed by atoms with Gasteiger partial charge in [0.05, 0.1) is 17.3 Å². The highest BCUT2D eigenvalue weighted by molar-refractivity contribution is 9.10. The van der Waals surface area contributed by atoms with E-state index < -0.39 is 5.82 Å². The van der Waals surface area contributed by atoms with E-state index in [0.717, 1.165) is 0 Å². The number of rotatable bonds is 4. The van der Waals surface area contributed by atoms with Gasteiger partial charge < -0.3 is 15.2 Å². The van der Waals surface area contributed by atoms with Gasteiger partial charge in [-0.1, -0.05) is 23.7 Å². The third-order valence-electron chi connectivity index (χ3n) is 2.67. The summed E-state index contributed by atoms with van der Waals surface area (Å²) < 4.78 is 25.1. The molecule has 0 unspecified atom stereocenters. The minimum atomic E-state index is -0.446. The van der Waals surface area contributed by atoms with Crippen LogP contribution in [0.4, 0.5) is 10.1 Å². The lowest BCUT2D eigenvalue weighted by molar-refractivity contribution is 0.295.